The zero-order chi connectivity index (χ0) is 33.1. The lowest BCUT2D eigenvalue weighted by Gasteiger charge is -2.35. The van der Waals surface area contributed by atoms with E-state index in [2.05, 4.69) is 25.1 Å². The van der Waals surface area contributed by atoms with Gasteiger partial charge < -0.3 is 36.1 Å². The molecule has 0 saturated carbocycles. The number of fused-ring (bicyclic) bond motifs is 2. The number of piperazine rings is 1. The quantitative estimate of drug-likeness (QED) is 0.322. The molecule has 0 atom stereocenters. The summed E-state index contributed by atoms with van der Waals surface area (Å²) >= 11 is 0. The number of hydrogen-bond acceptors (Lipinski definition) is 7. The van der Waals surface area contributed by atoms with Crippen LogP contribution >= 0.6 is 0 Å². The fraction of sp³-hybridized carbons (Fsp3) is 0.576. The molecule has 0 spiro atoms. The van der Waals surface area contributed by atoms with E-state index in [0.717, 1.165) is 74.9 Å². The summed E-state index contributed by atoms with van der Waals surface area (Å²) in [6, 6.07) is 3.33. The molecular weight excluding hydrogens is 606 g/mol. The number of carbonyl (C=O) groups excluding carboxylic acids is 2. The topological polar surface area (TPSA) is 129 Å². The third-order valence-electron chi connectivity index (χ3n) is 9.97. The number of aromatic nitrogens is 2. The Balaban J connectivity index is 1.32. The van der Waals surface area contributed by atoms with Gasteiger partial charge in [-0.2, -0.15) is 5.10 Å². The molecule has 0 bridgehead atoms. The van der Waals surface area contributed by atoms with Crippen LogP contribution < -0.4 is 20.9 Å². The number of amides is 3. The minimum absolute atomic E-state index is 0.0983. The number of carbonyl (C=O) groups is 2. The minimum Gasteiger partial charge on any atom is -0.341 e. The van der Waals surface area contributed by atoms with Crippen molar-refractivity contribution in [2.45, 2.75) is 51.1 Å². The highest BCUT2D eigenvalue weighted by Gasteiger charge is 2.35. The molecule has 2 saturated heterocycles. The first kappa shape index (κ1) is 33.0. The van der Waals surface area contributed by atoms with Crippen LogP contribution in [0.4, 0.5) is 25.1 Å². The Morgan fingerprint density at radius 1 is 1.11 bits per heavy atom. The van der Waals surface area contributed by atoms with Crippen molar-refractivity contribution < 1.29 is 23.7 Å². The SMILES string of the molecule is CNC(=O)N1CCc2c(c(N3CCCc4cc(/C(C=N)=C/[NH2+]C)c(C(F)F)cc43)nn2C2CCN(C(=O)CN3CCNCC3)CC2)C1. The minimum atomic E-state index is -2.71. The van der Waals surface area contributed by atoms with Crippen molar-refractivity contribution >= 4 is 35.2 Å². The van der Waals surface area contributed by atoms with E-state index in [0.29, 0.717) is 68.3 Å². The van der Waals surface area contributed by atoms with Crippen LogP contribution in [0.3, 0.4) is 0 Å². The Labute approximate surface area is 274 Å². The molecule has 4 aliphatic heterocycles. The van der Waals surface area contributed by atoms with Crippen LogP contribution in [-0.4, -0.2) is 116 Å². The molecule has 5 N–H and O–H groups in total. The van der Waals surface area contributed by atoms with Crippen molar-refractivity contribution in [1.29, 1.82) is 5.41 Å². The zero-order valence-electron chi connectivity index (χ0n) is 27.4. The van der Waals surface area contributed by atoms with Gasteiger partial charge in [0.2, 0.25) is 5.91 Å². The van der Waals surface area contributed by atoms with Crippen LogP contribution in [0.1, 0.15) is 59.7 Å². The van der Waals surface area contributed by atoms with Gasteiger partial charge in [0, 0.05) is 94.5 Å². The summed E-state index contributed by atoms with van der Waals surface area (Å²) in [4.78, 5) is 33.9. The maximum Gasteiger partial charge on any atom is 0.317 e. The number of nitrogens with one attached hydrogen (secondary N) is 3. The van der Waals surface area contributed by atoms with E-state index >= 15 is 0 Å². The first-order valence-electron chi connectivity index (χ1n) is 16.8. The summed E-state index contributed by atoms with van der Waals surface area (Å²) in [5.41, 5.74) is 4.40. The Bertz CT molecular complexity index is 1510. The molecule has 14 heteroatoms. The largest absolute Gasteiger partial charge is 0.341 e. The number of anilines is 2. The zero-order valence-corrected chi connectivity index (χ0v) is 27.4. The van der Waals surface area contributed by atoms with E-state index in [-0.39, 0.29) is 23.5 Å². The van der Waals surface area contributed by atoms with Gasteiger partial charge in [0.05, 0.1) is 31.8 Å². The lowest BCUT2D eigenvalue weighted by molar-refractivity contribution is -0.555. The van der Waals surface area contributed by atoms with Crippen LogP contribution in [0.5, 0.6) is 0 Å². The van der Waals surface area contributed by atoms with Gasteiger partial charge in [-0.15, -0.1) is 0 Å². The van der Waals surface area contributed by atoms with E-state index in [1.54, 1.807) is 29.5 Å². The van der Waals surface area contributed by atoms with Crippen LogP contribution in [0.25, 0.3) is 5.57 Å². The first-order valence-corrected chi connectivity index (χ1v) is 16.8. The molecule has 2 aromatic rings. The van der Waals surface area contributed by atoms with Crippen molar-refractivity contribution in [3.8, 4) is 0 Å². The molecule has 254 valence electrons. The number of urea groups is 1. The van der Waals surface area contributed by atoms with Crippen LogP contribution in [0, 0.1) is 5.41 Å². The number of nitrogens with two attached hydrogens (primary N) is 1. The number of allylic oxidation sites excluding steroid dienone is 1. The lowest BCUT2D eigenvalue weighted by atomic mass is 9.92. The van der Waals surface area contributed by atoms with Crippen LogP contribution in [0.15, 0.2) is 18.3 Å². The summed E-state index contributed by atoms with van der Waals surface area (Å²) in [6.45, 7) is 6.92. The van der Waals surface area contributed by atoms with Gasteiger partial charge in [0.15, 0.2) is 5.82 Å². The summed E-state index contributed by atoms with van der Waals surface area (Å²) in [5.74, 6) is 0.885. The number of halogens is 2. The second-order valence-corrected chi connectivity index (χ2v) is 12.8. The number of alkyl halides is 2. The molecule has 1 aromatic heterocycles. The Morgan fingerprint density at radius 2 is 1.87 bits per heavy atom. The summed E-state index contributed by atoms with van der Waals surface area (Å²) in [6.07, 6.45) is 3.86. The van der Waals surface area contributed by atoms with Crippen molar-refractivity contribution in [3.05, 3.63) is 46.3 Å². The number of aryl methyl sites for hydroxylation is 1. The highest BCUT2D eigenvalue weighted by atomic mass is 19.3. The van der Waals surface area contributed by atoms with Gasteiger partial charge in [0.25, 0.3) is 6.43 Å². The van der Waals surface area contributed by atoms with Gasteiger partial charge in [-0.25, -0.2) is 13.6 Å². The maximum atomic E-state index is 14.5. The number of likely N-dealkylation sites (tertiary alicyclic amines) is 1. The van der Waals surface area contributed by atoms with E-state index in [9.17, 15) is 18.4 Å². The molecule has 0 unspecified atom stereocenters. The number of benzene rings is 1. The molecule has 5 heterocycles. The molecule has 12 nitrogen and oxygen atoms in total. The number of piperidine rings is 1. The first-order chi connectivity index (χ1) is 22.8. The number of nitrogens with zero attached hydrogens (tertiary/aromatic N) is 6. The average molecular weight is 654 g/mol. The Kier molecular flexibility index (Phi) is 10.2. The van der Waals surface area contributed by atoms with Crippen molar-refractivity contribution in [3.63, 3.8) is 0 Å². The smallest absolute Gasteiger partial charge is 0.317 e. The lowest BCUT2D eigenvalue weighted by Crippen LogP contribution is -2.72. The van der Waals surface area contributed by atoms with Crippen molar-refractivity contribution in [2.75, 3.05) is 77.9 Å². The molecule has 47 heavy (non-hydrogen) atoms. The molecule has 4 aliphatic rings. The molecule has 3 amide bonds. The third-order valence-corrected chi connectivity index (χ3v) is 9.97. The summed E-state index contributed by atoms with van der Waals surface area (Å²) in [5, 5.41) is 20.9. The van der Waals surface area contributed by atoms with E-state index in [1.807, 2.05) is 18.0 Å². The molecule has 1 aromatic carbocycles. The van der Waals surface area contributed by atoms with E-state index in [4.69, 9.17) is 10.5 Å². The second kappa shape index (κ2) is 14.5. The highest BCUT2D eigenvalue weighted by molar-refractivity contribution is 6.08. The molecule has 0 aliphatic carbocycles. The van der Waals surface area contributed by atoms with E-state index < -0.39 is 6.43 Å². The number of rotatable bonds is 8. The number of hydrogen-bond donors (Lipinski definition) is 4. The summed E-state index contributed by atoms with van der Waals surface area (Å²) < 4.78 is 31.2. The Morgan fingerprint density at radius 3 is 2.55 bits per heavy atom. The van der Waals surface area contributed by atoms with Crippen LogP contribution in [0.2, 0.25) is 0 Å². The van der Waals surface area contributed by atoms with Crippen LogP contribution in [-0.2, 0) is 24.2 Å². The van der Waals surface area contributed by atoms with Gasteiger partial charge in [0.1, 0.15) is 6.20 Å². The highest BCUT2D eigenvalue weighted by Crippen LogP contribution is 2.42. The summed E-state index contributed by atoms with van der Waals surface area (Å²) in [7, 11) is 3.43. The maximum absolute atomic E-state index is 14.5. The van der Waals surface area contributed by atoms with Gasteiger partial charge in [-0.3, -0.25) is 14.4 Å². The van der Waals surface area contributed by atoms with E-state index in [1.165, 1.54) is 0 Å². The predicted molar refractivity (Wildman–Crippen MR) is 176 cm³/mol. The van der Waals surface area contributed by atoms with Gasteiger partial charge in [-0.05, 0) is 48.9 Å². The number of quaternary nitrogens is 1. The second-order valence-electron chi connectivity index (χ2n) is 12.8. The van der Waals surface area contributed by atoms with Crippen molar-refractivity contribution in [1.82, 2.24) is 35.1 Å². The third kappa shape index (κ3) is 6.76. The van der Waals surface area contributed by atoms with Gasteiger partial charge in [-0.1, -0.05) is 0 Å². The Hall–Kier alpha value is -3.88. The molecule has 6 rings (SSSR count). The normalized spacial score (nSPS) is 19.5. The fourth-order valence-electron chi connectivity index (χ4n) is 7.49. The fourth-order valence-corrected chi connectivity index (χ4v) is 7.49. The molecule has 2 fully saturated rings. The standard InChI is InChI=1S/C33H46F2N10O2/c1-37-19-23(18-36)25-16-22-4-3-10-44(29(22)17-26(25)31(34)35)32-27-20-43(33(47)38-2)13-7-28(27)45(40-32)24-5-11-42(12-6-24)30(46)21-41-14-8-39-9-15-41/h16-19,24,31,36-37,39H,3-15,20-21H2,1-2H3,(H,38,47)/p+1/b23-19+,36-18?. The van der Waals surface area contributed by atoms with Crippen molar-refractivity contribution in [2.24, 2.45) is 0 Å². The molecular formula is C33H47F2N10O2+. The average Bonchev–Trinajstić information content (AvgIpc) is 3.48. The monoisotopic (exact) mass is 653 g/mol. The van der Waals surface area contributed by atoms with Gasteiger partial charge >= 0.3 is 6.03 Å². The molecule has 0 radical (unpaired) electrons. The predicted octanol–water partition coefficient (Wildman–Crippen LogP) is 1.85.